The number of alkyl carbamates (subject to hydrolysis) is 1. The van der Waals surface area contributed by atoms with Crippen molar-refractivity contribution < 1.29 is 37.5 Å². The molecule has 2 aromatic heterocycles. The molecule has 2 N–H and O–H groups in total. The number of carbonyl (C=O) groups is 1. The standard InChI is InChI=1S/C57H62Cl2N7O9P/c1-38(2)66(39(3)4)76(72-33-11-31-60)75-49-34-51(65-37-64-52-53(65)62-36-63-54(52)67)73-50(49)35-61-55(68)74-56(40-14-22-45(58)23-15-40,41-16-24-46(59)25-17-41)30-10-32-71-57(42-12-8-7-9-13-42,43-18-26-47(69-5)27-19-43)44-20-28-48(70-6)29-21-44/h7-9,12-29,36-39,49-51H,10-11,30,32-35H2,1-6H3,(H,61,68)(H,62,63,67)/t49-,50-,51-,76?/m1/s1. The summed E-state index contributed by atoms with van der Waals surface area (Å²) in [7, 11) is 1.53. The van der Waals surface area contributed by atoms with Crippen molar-refractivity contribution in [2.75, 3.05) is 34.0 Å². The molecule has 4 atom stereocenters. The second kappa shape index (κ2) is 25.6. The smallest absolute Gasteiger partial charge is 0.408 e. The lowest BCUT2D eigenvalue weighted by Crippen LogP contribution is -2.43. The van der Waals surface area contributed by atoms with Gasteiger partial charge in [0.15, 0.2) is 16.8 Å². The first-order valence-corrected chi connectivity index (χ1v) is 27.0. The second-order valence-corrected chi connectivity index (χ2v) is 21.0. The van der Waals surface area contributed by atoms with Crippen molar-refractivity contribution in [1.29, 1.82) is 5.26 Å². The predicted octanol–water partition coefficient (Wildman–Crippen LogP) is 11.9. The number of hydrogen-bond acceptors (Lipinski definition) is 13. The SMILES string of the molecule is COc1ccc(C(OCCCC(OC(=O)NC[C@H]2O[C@@H](n3cnc4c(=O)[nH]cnc43)C[C@H]2OP(OCCC#N)N(C(C)C)C(C)C)(c2ccc(Cl)cc2)c2ccc(Cl)cc2)(c2ccccc2)c2ccc(OC)cc2)cc1. The number of nitrogens with one attached hydrogen (secondary N) is 2. The summed E-state index contributed by atoms with van der Waals surface area (Å²) in [5, 5.41) is 13.5. The van der Waals surface area contributed by atoms with Crippen LogP contribution in [0.15, 0.2) is 145 Å². The Hall–Kier alpha value is -6.38. The molecule has 1 aliphatic rings. The number of imidazole rings is 1. The van der Waals surface area contributed by atoms with Gasteiger partial charge < -0.3 is 43.0 Å². The summed E-state index contributed by atoms with van der Waals surface area (Å²) in [6.07, 6.45) is 1.04. The van der Waals surface area contributed by atoms with E-state index in [1.807, 2.05) is 103 Å². The molecule has 1 unspecified atom stereocenters. The van der Waals surface area contributed by atoms with Gasteiger partial charge in [-0.05, 0) is 106 Å². The fourth-order valence-corrected chi connectivity index (χ4v) is 11.7. The zero-order valence-corrected chi connectivity index (χ0v) is 45.6. The van der Waals surface area contributed by atoms with Crippen LogP contribution >= 0.6 is 31.7 Å². The maximum atomic E-state index is 14.8. The summed E-state index contributed by atoms with van der Waals surface area (Å²) in [4.78, 5) is 38.8. The van der Waals surface area contributed by atoms with Crippen molar-refractivity contribution >= 4 is 49.0 Å². The number of halogens is 2. The van der Waals surface area contributed by atoms with E-state index < -0.39 is 49.8 Å². The normalized spacial score (nSPS) is 16.3. The third-order valence-corrected chi connectivity index (χ3v) is 15.9. The Bertz CT molecular complexity index is 2980. The van der Waals surface area contributed by atoms with Crippen LogP contribution in [0.2, 0.25) is 10.0 Å². The maximum Gasteiger partial charge on any atom is 0.408 e. The lowest BCUT2D eigenvalue weighted by molar-refractivity contribution is -0.0210. The van der Waals surface area contributed by atoms with Crippen LogP contribution in [0.1, 0.15) is 87.4 Å². The van der Waals surface area contributed by atoms with E-state index in [9.17, 15) is 14.9 Å². The highest BCUT2D eigenvalue weighted by molar-refractivity contribution is 7.44. The molecule has 0 saturated carbocycles. The molecule has 3 heterocycles. The number of hydrogen-bond donors (Lipinski definition) is 2. The molecule has 0 bridgehead atoms. The van der Waals surface area contributed by atoms with E-state index in [0.717, 1.165) is 16.7 Å². The van der Waals surface area contributed by atoms with Crippen LogP contribution in [0, 0.1) is 11.3 Å². The number of H-pyrrole nitrogens is 1. The monoisotopic (exact) mass is 1090 g/mol. The molecule has 0 aliphatic carbocycles. The number of ether oxygens (including phenoxy) is 5. The maximum absolute atomic E-state index is 14.8. The van der Waals surface area contributed by atoms with Crippen molar-refractivity contribution in [3.05, 3.63) is 188 Å². The number of benzene rings is 5. The minimum Gasteiger partial charge on any atom is -0.497 e. The Morgan fingerprint density at radius 2 is 1.39 bits per heavy atom. The van der Waals surface area contributed by atoms with Crippen molar-refractivity contribution in [2.45, 2.75) is 95.1 Å². The van der Waals surface area contributed by atoms with E-state index in [-0.39, 0.29) is 56.6 Å². The molecule has 1 amide bonds. The molecule has 1 fully saturated rings. The number of fused-ring (bicyclic) bond motifs is 1. The molecular formula is C57H62Cl2N7O9P. The first kappa shape index (κ1) is 55.8. The molecule has 76 heavy (non-hydrogen) atoms. The van der Waals surface area contributed by atoms with Crippen LogP contribution in [0.25, 0.3) is 11.2 Å². The van der Waals surface area contributed by atoms with Crippen molar-refractivity contribution in [3.63, 3.8) is 0 Å². The predicted molar refractivity (Wildman–Crippen MR) is 292 cm³/mol. The highest BCUT2D eigenvalue weighted by Crippen LogP contribution is 2.50. The van der Waals surface area contributed by atoms with E-state index in [4.69, 9.17) is 55.9 Å². The minimum atomic E-state index is -1.73. The van der Waals surface area contributed by atoms with Gasteiger partial charge in [0.25, 0.3) is 14.1 Å². The van der Waals surface area contributed by atoms with Gasteiger partial charge in [-0.2, -0.15) is 5.26 Å². The number of rotatable bonds is 24. The van der Waals surface area contributed by atoms with Gasteiger partial charge >= 0.3 is 6.09 Å². The summed E-state index contributed by atoms with van der Waals surface area (Å²) in [6.45, 7) is 8.50. The number of aromatic amines is 1. The number of nitrogens with zero attached hydrogens (tertiary/aromatic N) is 5. The highest BCUT2D eigenvalue weighted by atomic mass is 35.5. The van der Waals surface area contributed by atoms with Crippen LogP contribution in [0.5, 0.6) is 11.5 Å². The number of methoxy groups -OCH3 is 2. The molecule has 0 spiro atoms. The zero-order valence-electron chi connectivity index (χ0n) is 43.2. The molecule has 398 valence electrons. The molecule has 19 heteroatoms. The zero-order chi connectivity index (χ0) is 53.8. The summed E-state index contributed by atoms with van der Waals surface area (Å²) < 4.78 is 49.0. The van der Waals surface area contributed by atoms with E-state index in [2.05, 4.69) is 58.7 Å². The Morgan fingerprint density at radius 3 is 1.95 bits per heavy atom. The number of carbonyl (C=O) groups excluding carboxylic acids is 1. The number of nitriles is 1. The molecule has 8 rings (SSSR count). The topological polar surface area (TPSA) is 184 Å². The van der Waals surface area contributed by atoms with Crippen molar-refractivity contribution in [1.82, 2.24) is 29.5 Å². The summed E-state index contributed by atoms with van der Waals surface area (Å²) in [6, 6.07) is 42.3. The highest BCUT2D eigenvalue weighted by Gasteiger charge is 2.44. The second-order valence-electron chi connectivity index (χ2n) is 18.7. The molecule has 5 aromatic carbocycles. The lowest BCUT2D eigenvalue weighted by Gasteiger charge is -2.38. The summed E-state index contributed by atoms with van der Waals surface area (Å²) in [5.41, 5.74) is 1.52. The fraction of sp³-hybridized carbons (Fsp3) is 0.351. The number of aromatic nitrogens is 4. The third-order valence-electron chi connectivity index (χ3n) is 13.2. The van der Waals surface area contributed by atoms with E-state index in [1.165, 1.54) is 12.7 Å². The van der Waals surface area contributed by atoms with Crippen LogP contribution in [-0.4, -0.2) is 88.6 Å². The minimum absolute atomic E-state index is 0.0188. The Balaban J connectivity index is 1.12. The summed E-state index contributed by atoms with van der Waals surface area (Å²) >= 11 is 13.0. The van der Waals surface area contributed by atoms with Crippen LogP contribution < -0.4 is 20.3 Å². The molecule has 16 nitrogen and oxygen atoms in total. The van der Waals surface area contributed by atoms with Gasteiger partial charge in [-0.25, -0.2) is 19.4 Å². The van der Waals surface area contributed by atoms with Gasteiger partial charge in [-0.1, -0.05) is 102 Å². The molecular weight excluding hydrogens is 1030 g/mol. The molecule has 1 saturated heterocycles. The quantitative estimate of drug-likeness (QED) is 0.0331. The molecule has 7 aromatic rings. The average molecular weight is 1090 g/mol. The summed E-state index contributed by atoms with van der Waals surface area (Å²) in [5.74, 6) is 1.40. The van der Waals surface area contributed by atoms with Crippen molar-refractivity contribution in [2.24, 2.45) is 0 Å². The van der Waals surface area contributed by atoms with E-state index >= 15 is 0 Å². The van der Waals surface area contributed by atoms with E-state index in [1.54, 1.807) is 43.1 Å². The Morgan fingerprint density at radius 1 is 0.829 bits per heavy atom. The number of amides is 1. The van der Waals surface area contributed by atoms with Crippen LogP contribution in [-0.2, 0) is 34.5 Å². The fourth-order valence-electron chi connectivity index (χ4n) is 9.71. The first-order chi connectivity index (χ1) is 36.8. The van der Waals surface area contributed by atoms with Gasteiger partial charge in [0.1, 0.15) is 29.4 Å². The average Bonchev–Trinajstić information content (AvgIpc) is 4.10. The Labute approximate surface area is 454 Å². The van der Waals surface area contributed by atoms with Gasteiger partial charge in [-0.3, -0.25) is 9.36 Å². The van der Waals surface area contributed by atoms with Crippen LogP contribution in [0.4, 0.5) is 4.79 Å². The lowest BCUT2D eigenvalue weighted by atomic mass is 9.79. The molecule has 1 aliphatic heterocycles. The van der Waals surface area contributed by atoms with Crippen molar-refractivity contribution in [3.8, 4) is 17.6 Å². The van der Waals surface area contributed by atoms with E-state index in [0.29, 0.717) is 44.7 Å². The third kappa shape index (κ3) is 12.6. The van der Waals surface area contributed by atoms with Gasteiger partial charge in [0, 0.05) is 52.8 Å². The largest absolute Gasteiger partial charge is 0.497 e. The van der Waals surface area contributed by atoms with Gasteiger partial charge in [-0.15, -0.1) is 0 Å². The van der Waals surface area contributed by atoms with Crippen LogP contribution in [0.3, 0.4) is 0 Å². The van der Waals surface area contributed by atoms with Gasteiger partial charge in [0.2, 0.25) is 0 Å². The van der Waals surface area contributed by atoms with Gasteiger partial charge in [0.05, 0.1) is 52.1 Å². The Kier molecular flexibility index (Phi) is 18.8. The first-order valence-electron chi connectivity index (χ1n) is 25.1. The molecule has 0 radical (unpaired) electrons.